The van der Waals surface area contributed by atoms with Gasteiger partial charge in [0.05, 0.1) is 23.1 Å². The van der Waals surface area contributed by atoms with Crippen molar-refractivity contribution in [3.05, 3.63) is 47.0 Å². The first-order valence-corrected chi connectivity index (χ1v) is 10.8. The van der Waals surface area contributed by atoms with Gasteiger partial charge in [-0.1, -0.05) is 19.1 Å². The molecule has 6 nitrogen and oxygen atoms in total. The fourth-order valence-electron chi connectivity index (χ4n) is 3.93. The van der Waals surface area contributed by atoms with Gasteiger partial charge >= 0.3 is 0 Å². The number of hydrogen-bond donors (Lipinski definition) is 2. The number of likely N-dealkylation sites (tertiary alicyclic amines) is 1. The first-order valence-electron chi connectivity index (χ1n) is 10.0. The number of piperidine rings is 1. The van der Waals surface area contributed by atoms with Crippen molar-refractivity contribution in [1.29, 1.82) is 0 Å². The van der Waals surface area contributed by atoms with Crippen molar-refractivity contribution in [2.45, 2.75) is 26.3 Å². The molecule has 5 rings (SSSR count). The van der Waals surface area contributed by atoms with Gasteiger partial charge in [-0.05, 0) is 55.6 Å². The number of carbonyl (C=O) groups is 1. The molecule has 148 valence electrons. The summed E-state index contributed by atoms with van der Waals surface area (Å²) in [5.74, 6) is 0.695. The number of thiophene rings is 1. The molecule has 29 heavy (non-hydrogen) atoms. The van der Waals surface area contributed by atoms with Gasteiger partial charge in [0.15, 0.2) is 0 Å². The highest BCUT2D eigenvalue weighted by atomic mass is 32.1. The lowest BCUT2D eigenvalue weighted by atomic mass is 9.99. The molecule has 2 aliphatic rings. The van der Waals surface area contributed by atoms with E-state index in [1.165, 1.54) is 42.8 Å². The molecule has 3 aromatic rings. The Hall–Kier alpha value is -2.77. The molecule has 0 aliphatic carbocycles. The Morgan fingerprint density at radius 3 is 2.83 bits per heavy atom. The summed E-state index contributed by atoms with van der Waals surface area (Å²) in [6.45, 7) is 5.63. The van der Waals surface area contributed by atoms with Crippen molar-refractivity contribution in [2.24, 2.45) is 10.9 Å². The minimum atomic E-state index is -0.147. The summed E-state index contributed by atoms with van der Waals surface area (Å²) in [4.78, 5) is 25.6. The zero-order valence-corrected chi connectivity index (χ0v) is 17.1. The Kier molecular flexibility index (Phi) is 4.77. The van der Waals surface area contributed by atoms with Crippen LogP contribution in [0.1, 0.15) is 35.0 Å². The lowest BCUT2D eigenvalue weighted by Crippen LogP contribution is -2.32. The number of hydrogen-bond acceptors (Lipinski definition) is 6. The van der Waals surface area contributed by atoms with Crippen molar-refractivity contribution in [3.63, 3.8) is 0 Å². The standard InChI is InChI=1S/C22H23N5OS/c1-14-7-10-27(11-8-14)12-15-2-4-16(5-3-15)26-21(28)20-19-18-17(24-13-25-19)6-9-23-22(18)29-20/h2-6,9,13-14H,7-8,10-12H2,1H3,(H,24,25)(H,26,28). The summed E-state index contributed by atoms with van der Waals surface area (Å²) >= 11 is 1.37. The number of aliphatic imine (C=N–C) groups is 1. The number of carbonyl (C=O) groups excluding carboxylic acids is 1. The van der Waals surface area contributed by atoms with Gasteiger partial charge in [0.2, 0.25) is 0 Å². The fourth-order valence-corrected chi connectivity index (χ4v) is 4.94. The number of nitrogens with one attached hydrogen (secondary N) is 2. The number of benzene rings is 1. The quantitative estimate of drug-likeness (QED) is 0.650. The maximum atomic E-state index is 12.9. The van der Waals surface area contributed by atoms with E-state index in [0.29, 0.717) is 10.6 Å². The minimum absolute atomic E-state index is 0.147. The van der Waals surface area contributed by atoms with Crippen LogP contribution >= 0.6 is 11.3 Å². The molecule has 2 N–H and O–H groups in total. The van der Waals surface area contributed by atoms with Crippen LogP contribution in [0.15, 0.2) is 41.5 Å². The van der Waals surface area contributed by atoms with Gasteiger partial charge in [0, 0.05) is 18.4 Å². The van der Waals surface area contributed by atoms with Crippen LogP contribution < -0.4 is 10.6 Å². The largest absolute Gasteiger partial charge is 0.346 e. The summed E-state index contributed by atoms with van der Waals surface area (Å²) in [5.41, 5.74) is 3.70. The summed E-state index contributed by atoms with van der Waals surface area (Å²) in [5, 5.41) is 7.03. The van der Waals surface area contributed by atoms with Gasteiger partial charge in [-0.25, -0.2) is 9.98 Å². The second-order valence-electron chi connectivity index (χ2n) is 7.83. The number of anilines is 2. The molecule has 1 saturated heterocycles. The second-order valence-corrected chi connectivity index (χ2v) is 8.83. The summed E-state index contributed by atoms with van der Waals surface area (Å²) < 4.78 is 0. The number of nitrogens with zero attached hydrogens (tertiary/aromatic N) is 3. The van der Waals surface area contributed by atoms with Gasteiger partial charge in [-0.15, -0.1) is 11.3 Å². The van der Waals surface area contributed by atoms with Crippen LogP contribution in [0.4, 0.5) is 17.1 Å². The van der Waals surface area contributed by atoms with Crippen LogP contribution in [0.3, 0.4) is 0 Å². The topological polar surface area (TPSA) is 69.6 Å². The summed E-state index contributed by atoms with van der Waals surface area (Å²) in [7, 11) is 0. The van der Waals surface area contributed by atoms with E-state index in [-0.39, 0.29) is 5.91 Å². The number of rotatable bonds is 4. The number of amides is 1. The molecule has 0 unspecified atom stereocenters. The van der Waals surface area contributed by atoms with Gasteiger partial charge in [0.1, 0.15) is 9.71 Å². The normalized spacial score (nSPS) is 16.7. The molecule has 2 aliphatic heterocycles. The predicted molar refractivity (Wildman–Crippen MR) is 119 cm³/mol. The van der Waals surface area contributed by atoms with E-state index in [1.807, 2.05) is 18.2 Å². The average molecular weight is 406 g/mol. The lowest BCUT2D eigenvalue weighted by Gasteiger charge is -2.30. The summed E-state index contributed by atoms with van der Waals surface area (Å²) in [6.07, 6.45) is 5.92. The van der Waals surface area contributed by atoms with E-state index >= 15 is 0 Å². The van der Waals surface area contributed by atoms with Crippen LogP contribution in [-0.4, -0.2) is 35.2 Å². The van der Waals surface area contributed by atoms with Crippen LogP contribution in [0.25, 0.3) is 10.2 Å². The van der Waals surface area contributed by atoms with Crippen LogP contribution in [0.2, 0.25) is 0 Å². The molecule has 0 spiro atoms. The third-order valence-electron chi connectivity index (χ3n) is 5.68. The third kappa shape index (κ3) is 3.63. The predicted octanol–water partition coefficient (Wildman–Crippen LogP) is 4.87. The Balaban J connectivity index is 1.30. The molecule has 1 amide bonds. The first kappa shape index (κ1) is 18.3. The van der Waals surface area contributed by atoms with E-state index in [9.17, 15) is 4.79 Å². The van der Waals surface area contributed by atoms with Crippen molar-refractivity contribution >= 4 is 50.9 Å². The highest BCUT2D eigenvalue weighted by molar-refractivity contribution is 7.21. The average Bonchev–Trinajstić information content (AvgIpc) is 3.12. The fraction of sp³-hybridized carbons (Fsp3) is 0.318. The summed E-state index contributed by atoms with van der Waals surface area (Å²) in [6, 6.07) is 10.1. The van der Waals surface area contributed by atoms with Gasteiger partial charge < -0.3 is 10.6 Å². The molecule has 0 atom stereocenters. The Morgan fingerprint density at radius 1 is 1.24 bits per heavy atom. The van der Waals surface area contributed by atoms with E-state index in [2.05, 4.69) is 44.6 Å². The molecule has 0 saturated carbocycles. The van der Waals surface area contributed by atoms with E-state index in [4.69, 9.17) is 0 Å². The molecular formula is C22H23N5OS. The van der Waals surface area contributed by atoms with Crippen LogP contribution in [0.5, 0.6) is 0 Å². The van der Waals surface area contributed by atoms with Crippen molar-refractivity contribution in [2.75, 3.05) is 23.7 Å². The minimum Gasteiger partial charge on any atom is -0.346 e. The maximum Gasteiger partial charge on any atom is 0.268 e. The SMILES string of the molecule is CC1CCN(Cc2ccc(NC(=O)c3sc4nccc5c4c3N=CN5)cc2)CC1. The van der Waals surface area contributed by atoms with Gasteiger partial charge in [-0.3, -0.25) is 9.69 Å². The van der Waals surface area contributed by atoms with E-state index in [1.54, 1.807) is 12.5 Å². The Morgan fingerprint density at radius 2 is 2.03 bits per heavy atom. The Bertz CT molecular complexity index is 1080. The lowest BCUT2D eigenvalue weighted by molar-refractivity contribution is 0.103. The highest BCUT2D eigenvalue weighted by Gasteiger charge is 2.23. The molecule has 1 fully saturated rings. The monoisotopic (exact) mass is 405 g/mol. The van der Waals surface area contributed by atoms with Gasteiger partial charge in [-0.2, -0.15) is 0 Å². The molecule has 0 radical (unpaired) electrons. The van der Waals surface area contributed by atoms with Gasteiger partial charge in [0.25, 0.3) is 5.91 Å². The van der Waals surface area contributed by atoms with E-state index < -0.39 is 0 Å². The molecule has 0 bridgehead atoms. The zero-order chi connectivity index (χ0) is 19.8. The van der Waals surface area contributed by atoms with Crippen LogP contribution in [-0.2, 0) is 6.54 Å². The second kappa shape index (κ2) is 7.57. The van der Waals surface area contributed by atoms with Crippen molar-refractivity contribution in [1.82, 2.24) is 9.88 Å². The molecular weight excluding hydrogens is 382 g/mol. The van der Waals surface area contributed by atoms with E-state index in [0.717, 1.165) is 34.1 Å². The highest BCUT2D eigenvalue weighted by Crippen LogP contribution is 2.42. The third-order valence-corrected chi connectivity index (χ3v) is 6.77. The smallest absolute Gasteiger partial charge is 0.268 e. The molecule has 1 aromatic carbocycles. The Labute approximate surface area is 173 Å². The maximum absolute atomic E-state index is 12.9. The number of aromatic nitrogens is 1. The van der Waals surface area contributed by atoms with Crippen molar-refractivity contribution in [3.8, 4) is 0 Å². The number of pyridine rings is 1. The van der Waals surface area contributed by atoms with Crippen molar-refractivity contribution < 1.29 is 4.79 Å². The molecule has 7 heteroatoms. The zero-order valence-electron chi connectivity index (χ0n) is 16.3. The first-order chi connectivity index (χ1) is 14.2. The van der Waals surface area contributed by atoms with Crippen LogP contribution in [0, 0.1) is 5.92 Å². The molecule has 4 heterocycles. The molecule has 2 aromatic heterocycles.